The van der Waals surface area contributed by atoms with E-state index in [1.807, 2.05) is 6.07 Å². The lowest BCUT2D eigenvalue weighted by atomic mass is 9.82. The lowest BCUT2D eigenvalue weighted by Gasteiger charge is -2.23. The summed E-state index contributed by atoms with van der Waals surface area (Å²) in [7, 11) is 0. The van der Waals surface area contributed by atoms with Crippen molar-refractivity contribution < 1.29 is 5.11 Å². The maximum absolute atomic E-state index is 9.50. The van der Waals surface area contributed by atoms with E-state index in [2.05, 4.69) is 27.7 Å². The zero-order valence-electron chi connectivity index (χ0n) is 9.39. The molecule has 0 unspecified atom stereocenters. The molecule has 78 valence electrons. The molecule has 0 atom stereocenters. The van der Waals surface area contributed by atoms with Gasteiger partial charge in [-0.15, -0.1) is 0 Å². The number of nitrogen functional groups attached to an aromatic ring is 1. The minimum Gasteiger partial charge on any atom is -0.506 e. The van der Waals surface area contributed by atoms with Crippen molar-refractivity contribution in [1.82, 2.24) is 0 Å². The highest BCUT2D eigenvalue weighted by molar-refractivity contribution is 5.57. The first-order chi connectivity index (χ1) is 6.36. The molecule has 0 saturated heterocycles. The zero-order chi connectivity index (χ0) is 10.9. The SMILES string of the molecule is CCc1cc(O)c(N)cc1C(C)(C)C. The zero-order valence-corrected chi connectivity index (χ0v) is 9.39. The number of aromatic hydroxyl groups is 1. The number of anilines is 1. The molecule has 0 aliphatic carbocycles. The minimum absolute atomic E-state index is 0.0766. The number of phenolic OH excluding ortho intramolecular Hbond substituents is 1. The van der Waals surface area contributed by atoms with Crippen LogP contribution in [0.5, 0.6) is 5.75 Å². The molecule has 14 heavy (non-hydrogen) atoms. The van der Waals surface area contributed by atoms with Crippen molar-refractivity contribution >= 4 is 5.69 Å². The fourth-order valence-corrected chi connectivity index (χ4v) is 1.64. The third kappa shape index (κ3) is 2.00. The lowest BCUT2D eigenvalue weighted by molar-refractivity contribution is 0.475. The predicted molar refractivity (Wildman–Crippen MR) is 60.6 cm³/mol. The number of benzene rings is 1. The Kier molecular flexibility index (Phi) is 2.74. The minimum atomic E-state index is 0.0766. The van der Waals surface area contributed by atoms with E-state index < -0.39 is 0 Å². The normalized spacial score (nSPS) is 11.7. The van der Waals surface area contributed by atoms with Crippen LogP contribution in [0.15, 0.2) is 12.1 Å². The van der Waals surface area contributed by atoms with Crippen LogP contribution in [0.1, 0.15) is 38.8 Å². The smallest absolute Gasteiger partial charge is 0.138 e. The van der Waals surface area contributed by atoms with Crippen molar-refractivity contribution in [1.29, 1.82) is 0 Å². The van der Waals surface area contributed by atoms with Crippen molar-refractivity contribution in [3.63, 3.8) is 0 Å². The Balaban J connectivity index is 3.35. The molecule has 0 aliphatic heterocycles. The van der Waals surface area contributed by atoms with E-state index >= 15 is 0 Å². The summed E-state index contributed by atoms with van der Waals surface area (Å²) in [5, 5.41) is 9.50. The van der Waals surface area contributed by atoms with Crippen molar-refractivity contribution in [2.24, 2.45) is 0 Å². The summed E-state index contributed by atoms with van der Waals surface area (Å²) in [5.74, 6) is 0.190. The summed E-state index contributed by atoms with van der Waals surface area (Å²) in [5.41, 5.74) is 8.62. The van der Waals surface area contributed by atoms with Gasteiger partial charge in [0.05, 0.1) is 5.69 Å². The number of hydrogen-bond donors (Lipinski definition) is 2. The molecule has 0 amide bonds. The van der Waals surface area contributed by atoms with E-state index in [-0.39, 0.29) is 11.2 Å². The molecule has 1 rings (SSSR count). The number of phenols is 1. The van der Waals surface area contributed by atoms with E-state index in [0.29, 0.717) is 5.69 Å². The maximum atomic E-state index is 9.50. The first-order valence-electron chi connectivity index (χ1n) is 4.98. The molecule has 0 saturated carbocycles. The van der Waals surface area contributed by atoms with Crippen LogP contribution in [0.2, 0.25) is 0 Å². The number of nitrogens with two attached hydrogens (primary N) is 1. The lowest BCUT2D eigenvalue weighted by Crippen LogP contribution is -2.14. The Morgan fingerprint density at radius 1 is 1.29 bits per heavy atom. The second-order valence-corrected chi connectivity index (χ2v) is 4.67. The third-order valence-corrected chi connectivity index (χ3v) is 2.44. The Morgan fingerprint density at radius 2 is 1.86 bits per heavy atom. The molecule has 0 bridgehead atoms. The molecular weight excluding hydrogens is 174 g/mol. The van der Waals surface area contributed by atoms with Gasteiger partial charge in [-0.05, 0) is 35.1 Å². The Bertz CT molecular complexity index is 337. The average molecular weight is 193 g/mol. The van der Waals surface area contributed by atoms with Crippen LogP contribution in [0.4, 0.5) is 5.69 Å². The Hall–Kier alpha value is -1.18. The molecule has 2 heteroatoms. The van der Waals surface area contributed by atoms with Crippen LogP contribution in [0.25, 0.3) is 0 Å². The van der Waals surface area contributed by atoms with E-state index in [1.54, 1.807) is 6.07 Å². The summed E-state index contributed by atoms with van der Waals surface area (Å²) in [6, 6.07) is 3.66. The van der Waals surface area contributed by atoms with Crippen LogP contribution in [0, 0.1) is 0 Å². The Labute approximate surface area is 85.8 Å². The van der Waals surface area contributed by atoms with Crippen LogP contribution in [-0.2, 0) is 11.8 Å². The highest BCUT2D eigenvalue weighted by Crippen LogP contribution is 2.32. The third-order valence-electron chi connectivity index (χ3n) is 2.44. The monoisotopic (exact) mass is 193 g/mol. The van der Waals surface area contributed by atoms with Crippen LogP contribution >= 0.6 is 0 Å². The van der Waals surface area contributed by atoms with Gasteiger partial charge in [-0.1, -0.05) is 27.7 Å². The second-order valence-electron chi connectivity index (χ2n) is 4.67. The van der Waals surface area contributed by atoms with Gasteiger partial charge < -0.3 is 10.8 Å². The highest BCUT2D eigenvalue weighted by Gasteiger charge is 2.18. The molecule has 0 fully saturated rings. The summed E-state index contributed by atoms with van der Waals surface area (Å²) in [4.78, 5) is 0. The maximum Gasteiger partial charge on any atom is 0.138 e. The van der Waals surface area contributed by atoms with Crippen LogP contribution < -0.4 is 5.73 Å². The molecule has 3 N–H and O–H groups in total. The molecule has 0 heterocycles. The second kappa shape index (κ2) is 3.52. The van der Waals surface area contributed by atoms with Gasteiger partial charge in [0.2, 0.25) is 0 Å². The quantitative estimate of drug-likeness (QED) is 0.532. The van der Waals surface area contributed by atoms with Crippen molar-refractivity contribution in [3.8, 4) is 5.75 Å². The fraction of sp³-hybridized carbons (Fsp3) is 0.500. The standard InChI is InChI=1S/C12H19NO/c1-5-8-6-11(14)10(13)7-9(8)12(2,3)4/h6-7,14H,5,13H2,1-4H3. The summed E-state index contributed by atoms with van der Waals surface area (Å²) >= 11 is 0. The van der Waals surface area contributed by atoms with Gasteiger partial charge >= 0.3 is 0 Å². The van der Waals surface area contributed by atoms with E-state index in [0.717, 1.165) is 6.42 Å². The molecule has 2 nitrogen and oxygen atoms in total. The van der Waals surface area contributed by atoms with Crippen molar-refractivity contribution in [2.75, 3.05) is 5.73 Å². The van der Waals surface area contributed by atoms with Gasteiger partial charge in [0.25, 0.3) is 0 Å². The number of aryl methyl sites for hydroxylation is 1. The topological polar surface area (TPSA) is 46.2 Å². The summed E-state index contributed by atoms with van der Waals surface area (Å²) < 4.78 is 0. The molecule has 0 aromatic heterocycles. The molecule has 1 aromatic rings. The van der Waals surface area contributed by atoms with Gasteiger partial charge in [0.1, 0.15) is 5.75 Å². The summed E-state index contributed by atoms with van der Waals surface area (Å²) in [6.07, 6.45) is 0.917. The molecule has 0 radical (unpaired) electrons. The fourth-order valence-electron chi connectivity index (χ4n) is 1.64. The largest absolute Gasteiger partial charge is 0.506 e. The van der Waals surface area contributed by atoms with Gasteiger partial charge in [-0.2, -0.15) is 0 Å². The van der Waals surface area contributed by atoms with Gasteiger partial charge in [0, 0.05) is 0 Å². The Morgan fingerprint density at radius 3 is 2.29 bits per heavy atom. The highest BCUT2D eigenvalue weighted by atomic mass is 16.3. The van der Waals surface area contributed by atoms with E-state index in [9.17, 15) is 5.11 Å². The van der Waals surface area contributed by atoms with Gasteiger partial charge in [-0.25, -0.2) is 0 Å². The van der Waals surface area contributed by atoms with Crippen LogP contribution in [-0.4, -0.2) is 5.11 Å². The summed E-state index contributed by atoms with van der Waals surface area (Å²) in [6.45, 7) is 8.54. The van der Waals surface area contributed by atoms with E-state index in [1.165, 1.54) is 11.1 Å². The molecule has 0 spiro atoms. The average Bonchev–Trinajstić information content (AvgIpc) is 2.07. The number of rotatable bonds is 1. The molecular formula is C12H19NO. The molecule has 1 aromatic carbocycles. The first kappa shape index (κ1) is 10.9. The van der Waals surface area contributed by atoms with Gasteiger partial charge in [-0.3, -0.25) is 0 Å². The predicted octanol–water partition coefficient (Wildman–Crippen LogP) is 2.83. The van der Waals surface area contributed by atoms with E-state index in [4.69, 9.17) is 5.73 Å². The van der Waals surface area contributed by atoms with Gasteiger partial charge in [0.15, 0.2) is 0 Å². The van der Waals surface area contributed by atoms with Crippen molar-refractivity contribution in [3.05, 3.63) is 23.3 Å². The van der Waals surface area contributed by atoms with Crippen LogP contribution in [0.3, 0.4) is 0 Å². The van der Waals surface area contributed by atoms with Crippen molar-refractivity contribution in [2.45, 2.75) is 39.5 Å². The molecule has 0 aliphatic rings. The number of hydrogen-bond acceptors (Lipinski definition) is 2. The first-order valence-corrected chi connectivity index (χ1v) is 4.98.